The van der Waals surface area contributed by atoms with Crippen molar-refractivity contribution >= 4 is 21.8 Å². The van der Waals surface area contributed by atoms with E-state index in [9.17, 15) is 18.0 Å². The van der Waals surface area contributed by atoms with E-state index in [0.717, 1.165) is 18.4 Å². The maximum Gasteiger partial charge on any atom is 0.258 e. The molecule has 2 aromatic rings. The number of hydrogen-bond donors (Lipinski definition) is 3. The van der Waals surface area contributed by atoms with Crippen molar-refractivity contribution in [2.45, 2.75) is 44.0 Å². The summed E-state index contributed by atoms with van der Waals surface area (Å²) in [7, 11) is -3.63. The van der Waals surface area contributed by atoms with E-state index in [-0.39, 0.29) is 29.9 Å². The minimum Gasteiger partial charge on any atom is -0.484 e. The molecule has 0 unspecified atom stereocenters. The van der Waals surface area contributed by atoms with Gasteiger partial charge < -0.3 is 15.4 Å². The van der Waals surface area contributed by atoms with Crippen molar-refractivity contribution in [1.29, 1.82) is 0 Å². The summed E-state index contributed by atoms with van der Waals surface area (Å²) in [6.07, 6.45) is 2.68. The van der Waals surface area contributed by atoms with E-state index in [1.54, 1.807) is 32.0 Å². The summed E-state index contributed by atoms with van der Waals surface area (Å²) < 4.78 is 32.3. The van der Waals surface area contributed by atoms with E-state index in [2.05, 4.69) is 15.4 Å². The first-order chi connectivity index (χ1) is 15.3. The molecular formula is C23H29N3O5S. The first kappa shape index (κ1) is 23.7. The second-order valence-corrected chi connectivity index (χ2v) is 9.53. The molecule has 1 aliphatic carbocycles. The van der Waals surface area contributed by atoms with Gasteiger partial charge in [-0.15, -0.1) is 0 Å². The van der Waals surface area contributed by atoms with Gasteiger partial charge in [0.05, 0.1) is 4.90 Å². The Morgan fingerprint density at radius 1 is 1.09 bits per heavy atom. The van der Waals surface area contributed by atoms with Crippen LogP contribution in [0.4, 0.5) is 0 Å². The summed E-state index contributed by atoms with van der Waals surface area (Å²) in [5, 5.41) is 5.71. The van der Waals surface area contributed by atoms with Gasteiger partial charge in [0, 0.05) is 24.7 Å². The molecule has 0 atom stereocenters. The van der Waals surface area contributed by atoms with Gasteiger partial charge in [0.2, 0.25) is 10.0 Å². The molecule has 2 aromatic carbocycles. The van der Waals surface area contributed by atoms with E-state index in [4.69, 9.17) is 4.74 Å². The molecular weight excluding hydrogens is 430 g/mol. The number of carbonyl (C=O) groups is 2. The summed E-state index contributed by atoms with van der Waals surface area (Å²) in [6.45, 7) is 4.13. The Hall–Kier alpha value is -2.91. The summed E-state index contributed by atoms with van der Waals surface area (Å²) in [6, 6.07) is 12.2. The van der Waals surface area contributed by atoms with Crippen molar-refractivity contribution in [3.8, 4) is 5.75 Å². The highest BCUT2D eigenvalue weighted by atomic mass is 32.2. The molecule has 1 fully saturated rings. The van der Waals surface area contributed by atoms with Crippen molar-refractivity contribution in [2.75, 3.05) is 19.7 Å². The number of benzene rings is 2. The Bertz CT molecular complexity index is 1060. The average Bonchev–Trinajstić information content (AvgIpc) is 3.57. The third kappa shape index (κ3) is 6.80. The van der Waals surface area contributed by atoms with Gasteiger partial charge >= 0.3 is 0 Å². The van der Waals surface area contributed by atoms with Crippen LogP contribution in [0.15, 0.2) is 47.4 Å². The van der Waals surface area contributed by atoms with Crippen molar-refractivity contribution in [3.63, 3.8) is 0 Å². The molecule has 0 heterocycles. The largest absolute Gasteiger partial charge is 0.484 e. The molecule has 0 aromatic heterocycles. The van der Waals surface area contributed by atoms with Crippen LogP contribution in [0.25, 0.3) is 0 Å². The Morgan fingerprint density at radius 3 is 2.47 bits per heavy atom. The lowest BCUT2D eigenvalue weighted by Gasteiger charge is -2.11. The molecule has 8 nitrogen and oxygen atoms in total. The number of rotatable bonds is 11. The molecule has 1 saturated carbocycles. The van der Waals surface area contributed by atoms with E-state index in [1.807, 2.05) is 12.1 Å². The number of sulfonamides is 1. The lowest BCUT2D eigenvalue weighted by Crippen LogP contribution is -2.30. The molecule has 0 spiro atoms. The van der Waals surface area contributed by atoms with Crippen molar-refractivity contribution in [3.05, 3.63) is 59.2 Å². The highest BCUT2D eigenvalue weighted by molar-refractivity contribution is 7.89. The van der Waals surface area contributed by atoms with Crippen molar-refractivity contribution in [1.82, 2.24) is 15.4 Å². The smallest absolute Gasteiger partial charge is 0.258 e. The maximum atomic E-state index is 12.6. The van der Waals surface area contributed by atoms with Gasteiger partial charge in [0.1, 0.15) is 5.75 Å². The van der Waals surface area contributed by atoms with Gasteiger partial charge in [-0.3, -0.25) is 9.59 Å². The predicted molar refractivity (Wildman–Crippen MR) is 121 cm³/mol. The van der Waals surface area contributed by atoms with Crippen molar-refractivity contribution in [2.24, 2.45) is 0 Å². The molecule has 0 aliphatic heterocycles. The standard InChI is InChI=1S/C23H29N3O5S/c1-3-25-32(29,30)20-11-4-16(2)21(14-20)23(28)24-13-12-17-5-9-19(10-6-17)31-15-22(27)26-18-7-8-18/h4-6,9-11,14,18,25H,3,7-8,12-13,15H2,1-2H3,(H,24,28)(H,26,27). The van der Waals surface area contributed by atoms with Crippen LogP contribution in [0.5, 0.6) is 5.75 Å². The van der Waals surface area contributed by atoms with Gasteiger partial charge in [-0.25, -0.2) is 13.1 Å². The van der Waals surface area contributed by atoms with Crippen LogP contribution >= 0.6 is 0 Å². The normalized spacial score (nSPS) is 13.4. The fourth-order valence-electron chi connectivity index (χ4n) is 3.10. The van der Waals surface area contributed by atoms with Crippen molar-refractivity contribution < 1.29 is 22.7 Å². The SMILES string of the molecule is CCNS(=O)(=O)c1ccc(C)c(C(=O)NCCc2ccc(OCC(=O)NC3CC3)cc2)c1. The van der Waals surface area contributed by atoms with Crippen LogP contribution < -0.4 is 20.1 Å². The minimum absolute atomic E-state index is 0.00614. The number of amides is 2. The molecule has 3 N–H and O–H groups in total. The van der Waals surface area contributed by atoms with Gasteiger partial charge in [-0.05, 0) is 61.6 Å². The summed E-state index contributed by atoms with van der Waals surface area (Å²) in [5.41, 5.74) is 2.03. The number of ether oxygens (including phenoxy) is 1. The van der Waals surface area contributed by atoms with E-state index < -0.39 is 10.0 Å². The number of hydrogen-bond acceptors (Lipinski definition) is 5. The maximum absolute atomic E-state index is 12.6. The van der Waals surface area contributed by atoms with E-state index >= 15 is 0 Å². The molecule has 2 amide bonds. The number of aryl methyl sites for hydroxylation is 1. The Labute approximate surface area is 188 Å². The van der Waals surface area contributed by atoms with Gasteiger partial charge in [0.25, 0.3) is 11.8 Å². The second kappa shape index (κ2) is 10.6. The molecule has 0 bridgehead atoms. The minimum atomic E-state index is -3.63. The first-order valence-electron chi connectivity index (χ1n) is 10.7. The number of carbonyl (C=O) groups excluding carboxylic acids is 2. The van der Waals surface area contributed by atoms with Crippen LogP contribution in [0.3, 0.4) is 0 Å². The predicted octanol–water partition coefficient (Wildman–Crippen LogP) is 1.92. The highest BCUT2D eigenvalue weighted by Crippen LogP contribution is 2.19. The van der Waals surface area contributed by atoms with Gasteiger partial charge in [0.15, 0.2) is 6.61 Å². The van der Waals surface area contributed by atoms with E-state index in [0.29, 0.717) is 35.9 Å². The zero-order valence-electron chi connectivity index (χ0n) is 18.3. The Kier molecular flexibility index (Phi) is 7.87. The molecule has 32 heavy (non-hydrogen) atoms. The molecule has 1 aliphatic rings. The quantitative estimate of drug-likeness (QED) is 0.475. The van der Waals surface area contributed by atoms with Gasteiger partial charge in [-0.2, -0.15) is 0 Å². The summed E-state index contributed by atoms with van der Waals surface area (Å²) in [4.78, 5) is 24.3. The second-order valence-electron chi connectivity index (χ2n) is 7.76. The molecule has 3 rings (SSSR count). The summed E-state index contributed by atoms with van der Waals surface area (Å²) in [5.74, 6) is 0.174. The third-order valence-electron chi connectivity index (χ3n) is 5.03. The zero-order chi connectivity index (χ0) is 23.1. The monoisotopic (exact) mass is 459 g/mol. The molecule has 0 saturated heterocycles. The lowest BCUT2D eigenvalue weighted by atomic mass is 10.1. The van der Waals surface area contributed by atoms with Gasteiger partial charge in [-0.1, -0.05) is 25.1 Å². The Balaban J connectivity index is 1.49. The lowest BCUT2D eigenvalue weighted by molar-refractivity contribution is -0.123. The highest BCUT2D eigenvalue weighted by Gasteiger charge is 2.23. The summed E-state index contributed by atoms with van der Waals surface area (Å²) >= 11 is 0. The van der Waals surface area contributed by atoms with Crippen LogP contribution in [-0.4, -0.2) is 46.0 Å². The topological polar surface area (TPSA) is 114 Å². The van der Waals surface area contributed by atoms with Crippen LogP contribution in [0.1, 0.15) is 41.3 Å². The van der Waals surface area contributed by atoms with Crippen LogP contribution in [-0.2, 0) is 21.2 Å². The first-order valence-corrected chi connectivity index (χ1v) is 12.2. The zero-order valence-corrected chi connectivity index (χ0v) is 19.1. The van der Waals surface area contributed by atoms with E-state index in [1.165, 1.54) is 12.1 Å². The number of nitrogens with one attached hydrogen (secondary N) is 3. The molecule has 9 heteroatoms. The third-order valence-corrected chi connectivity index (χ3v) is 6.58. The molecule has 0 radical (unpaired) electrons. The fourth-order valence-corrected chi connectivity index (χ4v) is 4.17. The molecule has 172 valence electrons. The average molecular weight is 460 g/mol. The fraction of sp³-hybridized carbons (Fsp3) is 0.391. The van der Waals surface area contributed by atoms with Crippen LogP contribution in [0.2, 0.25) is 0 Å². The Morgan fingerprint density at radius 2 is 1.81 bits per heavy atom. The van der Waals surface area contributed by atoms with Crippen LogP contribution in [0, 0.1) is 6.92 Å².